The summed E-state index contributed by atoms with van der Waals surface area (Å²) in [5.41, 5.74) is 2.07. The van der Waals surface area contributed by atoms with Gasteiger partial charge in [-0.2, -0.15) is 0 Å². The van der Waals surface area contributed by atoms with E-state index in [2.05, 4.69) is 15.3 Å². The Hall–Kier alpha value is -1.60. The van der Waals surface area contributed by atoms with Crippen LogP contribution in [0.1, 0.15) is 13.8 Å². The number of nitrogens with one attached hydrogen (secondary N) is 2. The number of carbonyl (C=O) groups is 1. The maximum absolute atomic E-state index is 12.5. The van der Waals surface area contributed by atoms with Crippen molar-refractivity contribution < 1.29 is 9.53 Å². The second-order valence-electron chi connectivity index (χ2n) is 5.65. The fourth-order valence-corrected chi connectivity index (χ4v) is 3.77. The summed E-state index contributed by atoms with van der Waals surface area (Å²) in [6, 6.07) is 8.65. The highest BCUT2D eigenvalue weighted by atomic mass is 35.5. The number of H-pyrrole nitrogens is 1. The number of carbonyl (C=O) groups excluding carboxylic acids is 1. The van der Waals surface area contributed by atoms with Gasteiger partial charge in [0, 0.05) is 6.07 Å². The van der Waals surface area contributed by atoms with Crippen LogP contribution in [0.25, 0.3) is 11.0 Å². The van der Waals surface area contributed by atoms with Crippen molar-refractivity contribution >= 4 is 69.2 Å². The number of aromatic amines is 1. The molecule has 0 bridgehead atoms. The second kappa shape index (κ2) is 8.61. The average Bonchev–Trinajstić information content (AvgIpc) is 3.01. The number of thioether (sulfide) groups is 1. The first-order valence-corrected chi connectivity index (χ1v) is 10.1. The van der Waals surface area contributed by atoms with Crippen LogP contribution in [0.3, 0.4) is 0 Å². The van der Waals surface area contributed by atoms with Gasteiger partial charge in [0.1, 0.15) is 5.75 Å². The lowest BCUT2D eigenvalue weighted by Gasteiger charge is -2.12. The summed E-state index contributed by atoms with van der Waals surface area (Å²) in [5, 5.41) is 3.96. The minimum atomic E-state index is -0.414. The monoisotopic (exact) mass is 443 g/mol. The van der Waals surface area contributed by atoms with E-state index in [1.165, 1.54) is 23.9 Å². The zero-order valence-electron chi connectivity index (χ0n) is 14.5. The van der Waals surface area contributed by atoms with Crippen LogP contribution in [0.4, 0.5) is 5.69 Å². The van der Waals surface area contributed by atoms with Gasteiger partial charge >= 0.3 is 0 Å². The lowest BCUT2D eigenvalue weighted by Crippen LogP contribution is -2.22. The van der Waals surface area contributed by atoms with Crippen molar-refractivity contribution in [2.75, 3.05) is 11.9 Å². The fourth-order valence-electron chi connectivity index (χ4n) is 2.35. The average molecular weight is 445 g/mol. The predicted molar refractivity (Wildman–Crippen MR) is 113 cm³/mol. The first-order valence-electron chi connectivity index (χ1n) is 8.12. The summed E-state index contributed by atoms with van der Waals surface area (Å²) < 4.78 is 5.49. The Kier molecular flexibility index (Phi) is 6.42. The summed E-state index contributed by atoms with van der Waals surface area (Å²) in [4.78, 5) is 20.2. The molecule has 0 radical (unpaired) electrons. The normalized spacial score (nSPS) is 12.2. The van der Waals surface area contributed by atoms with Crippen LogP contribution in [0.15, 0.2) is 35.5 Å². The third-order valence-electron chi connectivity index (χ3n) is 3.67. The van der Waals surface area contributed by atoms with Crippen molar-refractivity contribution in [1.82, 2.24) is 9.97 Å². The van der Waals surface area contributed by atoms with E-state index in [4.69, 9.17) is 39.5 Å². The molecule has 0 fully saturated rings. The van der Waals surface area contributed by atoms with E-state index >= 15 is 0 Å². The molecular weight excluding hydrogens is 429 g/mol. The van der Waals surface area contributed by atoms with E-state index in [1.54, 1.807) is 6.92 Å². The predicted octanol–water partition coefficient (Wildman–Crippen LogP) is 6.04. The highest BCUT2D eigenvalue weighted by Crippen LogP contribution is 2.33. The Morgan fingerprint density at radius 3 is 2.70 bits per heavy atom. The van der Waals surface area contributed by atoms with Crippen LogP contribution in [0, 0.1) is 0 Å². The van der Waals surface area contributed by atoms with E-state index < -0.39 is 5.25 Å². The molecule has 2 N–H and O–H groups in total. The molecule has 9 heteroatoms. The van der Waals surface area contributed by atoms with Gasteiger partial charge in [0.05, 0.1) is 43.6 Å². The summed E-state index contributed by atoms with van der Waals surface area (Å²) in [5.74, 6) is 0.543. The number of nitrogens with zero attached hydrogens (tertiary/aromatic N) is 1. The maximum atomic E-state index is 12.5. The van der Waals surface area contributed by atoms with Crippen molar-refractivity contribution in [3.05, 3.63) is 45.4 Å². The molecular formula is C18H16Cl3N3O2S. The Balaban J connectivity index is 1.71. The SMILES string of the molecule is CCOc1ccc2nc(S[C@H](C)C(=O)Nc3cc(Cl)c(Cl)cc3Cl)[nH]c2c1. The van der Waals surface area contributed by atoms with Gasteiger partial charge in [-0.05, 0) is 38.1 Å². The molecule has 5 nitrogen and oxygen atoms in total. The van der Waals surface area contributed by atoms with Crippen LogP contribution < -0.4 is 10.1 Å². The second-order valence-corrected chi connectivity index (χ2v) is 8.20. The molecule has 0 spiro atoms. The molecule has 0 saturated heterocycles. The number of ether oxygens (including phenoxy) is 1. The van der Waals surface area contributed by atoms with Gasteiger partial charge in [0.25, 0.3) is 0 Å². The summed E-state index contributed by atoms with van der Waals surface area (Å²) in [7, 11) is 0. The number of anilines is 1. The van der Waals surface area contributed by atoms with Crippen LogP contribution >= 0.6 is 46.6 Å². The number of hydrogen-bond donors (Lipinski definition) is 2. The zero-order chi connectivity index (χ0) is 19.6. The van der Waals surface area contributed by atoms with Gasteiger partial charge in [0.15, 0.2) is 5.16 Å². The van der Waals surface area contributed by atoms with Gasteiger partial charge in [-0.1, -0.05) is 46.6 Å². The molecule has 2 aromatic carbocycles. The molecule has 0 aliphatic rings. The molecule has 3 aromatic rings. The van der Waals surface area contributed by atoms with Crippen LogP contribution in [0.2, 0.25) is 15.1 Å². The first-order chi connectivity index (χ1) is 12.9. The molecule has 1 atom stereocenters. The number of benzene rings is 2. The Bertz CT molecular complexity index is 993. The van der Waals surface area contributed by atoms with Gasteiger partial charge in [-0.25, -0.2) is 4.98 Å². The van der Waals surface area contributed by atoms with E-state index in [9.17, 15) is 4.79 Å². The number of aromatic nitrogens is 2. The quantitative estimate of drug-likeness (QED) is 0.359. The van der Waals surface area contributed by atoms with E-state index in [0.29, 0.717) is 32.5 Å². The van der Waals surface area contributed by atoms with Crippen LogP contribution in [-0.4, -0.2) is 27.7 Å². The molecule has 0 saturated carbocycles. The number of hydrogen-bond acceptors (Lipinski definition) is 4. The van der Waals surface area contributed by atoms with Crippen molar-refractivity contribution in [1.29, 1.82) is 0 Å². The molecule has 0 aliphatic heterocycles. The summed E-state index contributed by atoms with van der Waals surface area (Å²) in [6.07, 6.45) is 0. The minimum Gasteiger partial charge on any atom is -0.494 e. The van der Waals surface area contributed by atoms with Crippen molar-refractivity contribution in [3.8, 4) is 5.75 Å². The topological polar surface area (TPSA) is 67.0 Å². The van der Waals surface area contributed by atoms with E-state index in [1.807, 2.05) is 25.1 Å². The van der Waals surface area contributed by atoms with Crippen molar-refractivity contribution in [2.24, 2.45) is 0 Å². The lowest BCUT2D eigenvalue weighted by atomic mass is 10.3. The summed E-state index contributed by atoms with van der Waals surface area (Å²) in [6.45, 7) is 4.30. The number of amides is 1. The largest absolute Gasteiger partial charge is 0.494 e. The highest BCUT2D eigenvalue weighted by Gasteiger charge is 2.18. The summed E-state index contributed by atoms with van der Waals surface area (Å²) >= 11 is 19.3. The Morgan fingerprint density at radius 2 is 1.96 bits per heavy atom. The van der Waals surface area contributed by atoms with Crippen molar-refractivity contribution in [2.45, 2.75) is 24.3 Å². The molecule has 0 unspecified atom stereocenters. The highest BCUT2D eigenvalue weighted by molar-refractivity contribution is 8.00. The maximum Gasteiger partial charge on any atom is 0.237 e. The first kappa shape index (κ1) is 20.1. The fraction of sp³-hybridized carbons (Fsp3) is 0.222. The smallest absolute Gasteiger partial charge is 0.237 e. The Morgan fingerprint density at radius 1 is 1.22 bits per heavy atom. The Labute approximate surface area is 175 Å². The molecule has 1 aromatic heterocycles. The number of fused-ring (bicyclic) bond motifs is 1. The number of imidazole rings is 1. The zero-order valence-corrected chi connectivity index (χ0v) is 17.6. The molecule has 3 rings (SSSR count). The standard InChI is InChI=1S/C18H16Cl3N3O2S/c1-3-26-10-4-5-14-16(6-10)24-18(23-14)27-9(2)17(25)22-15-8-12(20)11(19)7-13(15)21/h4-9H,3H2,1-2H3,(H,22,25)(H,23,24)/t9-/m1/s1. The van der Waals surface area contributed by atoms with E-state index in [0.717, 1.165) is 16.8 Å². The molecule has 142 valence electrons. The van der Waals surface area contributed by atoms with Crippen LogP contribution in [-0.2, 0) is 4.79 Å². The van der Waals surface area contributed by atoms with Crippen molar-refractivity contribution in [3.63, 3.8) is 0 Å². The third kappa shape index (κ3) is 4.82. The third-order valence-corrected chi connectivity index (χ3v) is 5.69. The van der Waals surface area contributed by atoms with Gasteiger partial charge in [0.2, 0.25) is 5.91 Å². The van der Waals surface area contributed by atoms with Gasteiger partial charge in [-0.15, -0.1) is 0 Å². The minimum absolute atomic E-state index is 0.226. The molecule has 27 heavy (non-hydrogen) atoms. The molecule has 1 amide bonds. The number of halogens is 3. The lowest BCUT2D eigenvalue weighted by molar-refractivity contribution is -0.115. The molecule has 1 heterocycles. The van der Waals surface area contributed by atoms with Gasteiger partial charge in [-0.3, -0.25) is 4.79 Å². The van der Waals surface area contributed by atoms with Gasteiger partial charge < -0.3 is 15.0 Å². The van der Waals surface area contributed by atoms with E-state index in [-0.39, 0.29) is 5.91 Å². The number of rotatable bonds is 6. The molecule has 0 aliphatic carbocycles. The van der Waals surface area contributed by atoms with Crippen LogP contribution in [0.5, 0.6) is 5.75 Å².